The van der Waals surface area contributed by atoms with Gasteiger partial charge >= 0.3 is 0 Å². The summed E-state index contributed by atoms with van der Waals surface area (Å²) in [6.45, 7) is 19.3. The third-order valence-electron chi connectivity index (χ3n) is 7.66. The number of fused-ring (bicyclic) bond motifs is 5. The molecule has 0 saturated carbocycles. The third-order valence-corrected chi connectivity index (χ3v) is 7.66. The van der Waals surface area contributed by atoms with Crippen LogP contribution in [0.3, 0.4) is 0 Å². The summed E-state index contributed by atoms with van der Waals surface area (Å²) < 4.78 is 0. The van der Waals surface area contributed by atoms with E-state index in [9.17, 15) is 9.90 Å². The van der Waals surface area contributed by atoms with Gasteiger partial charge in [0.25, 0.3) is 0 Å². The van der Waals surface area contributed by atoms with Gasteiger partial charge in [0.2, 0.25) is 0 Å². The molecule has 1 N–H and O–H groups in total. The molecule has 1 aliphatic rings. The van der Waals surface area contributed by atoms with E-state index in [1.54, 1.807) is 0 Å². The fourth-order valence-corrected chi connectivity index (χ4v) is 5.49. The molecule has 0 atom stereocenters. The van der Waals surface area contributed by atoms with E-state index in [0.717, 1.165) is 11.3 Å². The monoisotopic (exact) mass is 753 g/mol. The fraction of sp³-hybridized carbons (Fsp3) is 0.385. The number of allylic oxidation sites excluding steroid dienone is 2. The van der Waals surface area contributed by atoms with E-state index in [1.165, 1.54) is 50.2 Å². The van der Waals surface area contributed by atoms with Crippen LogP contribution in [0.1, 0.15) is 92.2 Å². The van der Waals surface area contributed by atoms with Gasteiger partial charge in [-0.05, 0) is 62.4 Å². The Bertz CT molecular complexity index is 1620. The Morgan fingerprint density at radius 1 is 0.884 bits per heavy atom. The Morgan fingerprint density at radius 3 is 2.09 bits per heavy atom. The zero-order chi connectivity index (χ0) is 30.8. The number of aliphatic hydroxyl groups is 1. The molecule has 4 aromatic rings. The SMILES string of the molecule is CC(C)CC(=O)/C=C(\O)CC(C)C.CC(C)c1cc2c3c(nccc3c1)-c1[c-]cc(C(C)(C)C)cc1-c1ccccc1-2.[Ir]. The first-order valence-electron chi connectivity index (χ1n) is 15.3. The first kappa shape index (κ1) is 34.4. The summed E-state index contributed by atoms with van der Waals surface area (Å²) in [5.41, 5.74) is 9.95. The van der Waals surface area contributed by atoms with Crippen molar-refractivity contribution in [3.63, 3.8) is 0 Å². The van der Waals surface area contributed by atoms with Gasteiger partial charge in [-0.3, -0.25) is 4.79 Å². The van der Waals surface area contributed by atoms with Gasteiger partial charge in [-0.2, -0.15) is 0 Å². The second-order valence-corrected chi connectivity index (χ2v) is 13.8. The maximum absolute atomic E-state index is 11.2. The van der Waals surface area contributed by atoms with Crippen molar-refractivity contribution in [2.75, 3.05) is 0 Å². The number of ketones is 1. The first-order valence-corrected chi connectivity index (χ1v) is 15.3. The van der Waals surface area contributed by atoms with Crippen LogP contribution in [-0.2, 0) is 30.3 Å². The molecule has 3 aromatic carbocycles. The van der Waals surface area contributed by atoms with Gasteiger partial charge < -0.3 is 10.1 Å². The van der Waals surface area contributed by atoms with Crippen molar-refractivity contribution in [1.82, 2.24) is 4.98 Å². The van der Waals surface area contributed by atoms with Gasteiger partial charge in [0, 0.05) is 45.2 Å². The Kier molecular flexibility index (Phi) is 11.3. The van der Waals surface area contributed by atoms with E-state index < -0.39 is 0 Å². The molecule has 1 heterocycles. The summed E-state index contributed by atoms with van der Waals surface area (Å²) in [4.78, 5) is 16.1. The summed E-state index contributed by atoms with van der Waals surface area (Å²) in [6.07, 6.45) is 4.41. The Balaban J connectivity index is 0.000000310. The molecule has 1 aromatic heterocycles. The maximum atomic E-state index is 11.2. The topological polar surface area (TPSA) is 50.2 Å². The molecule has 229 valence electrons. The number of pyridine rings is 1. The minimum absolute atomic E-state index is 0. The normalized spacial score (nSPS) is 12.3. The van der Waals surface area contributed by atoms with Crippen LogP contribution >= 0.6 is 0 Å². The minimum Gasteiger partial charge on any atom is -0.512 e. The number of rotatable bonds is 6. The Hall–Kier alpha value is -3.07. The predicted molar refractivity (Wildman–Crippen MR) is 178 cm³/mol. The van der Waals surface area contributed by atoms with Crippen LogP contribution in [0.25, 0.3) is 44.3 Å². The quantitative estimate of drug-likeness (QED) is 0.107. The van der Waals surface area contributed by atoms with Gasteiger partial charge in [0.05, 0.1) is 5.76 Å². The van der Waals surface area contributed by atoms with Crippen molar-refractivity contribution in [3.8, 4) is 33.5 Å². The second-order valence-electron chi connectivity index (χ2n) is 13.8. The van der Waals surface area contributed by atoms with E-state index in [0.29, 0.717) is 30.6 Å². The average molecular weight is 753 g/mol. The number of carbonyl (C=O) groups is 1. The number of nitrogens with zero attached hydrogens (tertiary/aromatic N) is 1. The summed E-state index contributed by atoms with van der Waals surface area (Å²) in [5, 5.41) is 11.8. The molecule has 3 nitrogen and oxygen atoms in total. The fourth-order valence-electron chi connectivity index (χ4n) is 5.49. The summed E-state index contributed by atoms with van der Waals surface area (Å²) in [5.74, 6) is 1.46. The number of carbonyl (C=O) groups excluding carboxylic acids is 1. The van der Waals surface area contributed by atoms with E-state index in [1.807, 2.05) is 33.9 Å². The number of hydrogen-bond acceptors (Lipinski definition) is 3. The molecule has 1 radical (unpaired) electrons. The van der Waals surface area contributed by atoms with Gasteiger partial charge in [-0.15, -0.1) is 29.3 Å². The molecular weight excluding hydrogens is 707 g/mol. The van der Waals surface area contributed by atoms with Gasteiger partial charge in [-0.25, -0.2) is 0 Å². The number of benzene rings is 3. The van der Waals surface area contributed by atoms with Crippen LogP contribution in [0.2, 0.25) is 0 Å². The standard InChI is InChI=1S/C28H26N.C11H20O2.Ir/c1-17(2)19-14-18-12-13-29-27-23-11-10-20(28(3,4)5)16-24(23)21-8-6-7-9-22(21)25(15-19)26(18)27;1-8(2)5-10(12)7-11(13)6-9(3)4;/h6-10,12-17H,1-5H3;7-9,12H,5-6H2,1-4H3;/q-1;;/b;10-7-;. The van der Waals surface area contributed by atoms with Crippen LogP contribution in [0.4, 0.5) is 0 Å². The molecule has 4 heteroatoms. The maximum Gasteiger partial charge on any atom is 0.159 e. The van der Waals surface area contributed by atoms with Crippen molar-refractivity contribution < 1.29 is 30.0 Å². The van der Waals surface area contributed by atoms with Crippen molar-refractivity contribution in [2.45, 2.75) is 86.5 Å². The summed E-state index contributed by atoms with van der Waals surface area (Å²) in [6, 6.07) is 23.7. The molecule has 0 aliphatic heterocycles. The average Bonchev–Trinajstić information content (AvgIpc) is 3.01. The van der Waals surface area contributed by atoms with Crippen molar-refractivity contribution >= 4 is 16.6 Å². The summed E-state index contributed by atoms with van der Waals surface area (Å²) >= 11 is 0. The van der Waals surface area contributed by atoms with Gasteiger partial charge in [0.1, 0.15) is 0 Å². The number of aliphatic hydroxyl groups excluding tert-OH is 1. The predicted octanol–water partition coefficient (Wildman–Crippen LogP) is 10.9. The molecule has 0 bridgehead atoms. The smallest absolute Gasteiger partial charge is 0.159 e. The van der Waals surface area contributed by atoms with E-state index in [2.05, 4.69) is 95.3 Å². The molecular formula is C39H46IrNO2-. The molecule has 5 rings (SSSR count). The molecule has 0 amide bonds. The summed E-state index contributed by atoms with van der Waals surface area (Å²) in [7, 11) is 0. The zero-order valence-electron chi connectivity index (χ0n) is 27.1. The first-order chi connectivity index (χ1) is 19.8. The van der Waals surface area contributed by atoms with E-state index >= 15 is 0 Å². The molecule has 0 fully saturated rings. The van der Waals surface area contributed by atoms with Gasteiger partial charge in [0.15, 0.2) is 5.78 Å². The molecule has 1 aliphatic carbocycles. The van der Waals surface area contributed by atoms with Crippen LogP contribution in [0.15, 0.2) is 72.6 Å². The molecule has 0 unspecified atom stereocenters. The number of aromatic nitrogens is 1. The van der Waals surface area contributed by atoms with Crippen molar-refractivity contribution in [1.29, 1.82) is 0 Å². The van der Waals surface area contributed by atoms with E-state index in [-0.39, 0.29) is 37.1 Å². The second kappa shape index (κ2) is 14.1. The van der Waals surface area contributed by atoms with Crippen LogP contribution in [0.5, 0.6) is 0 Å². The Labute approximate surface area is 272 Å². The molecule has 43 heavy (non-hydrogen) atoms. The van der Waals surface area contributed by atoms with Crippen LogP contribution < -0.4 is 0 Å². The van der Waals surface area contributed by atoms with E-state index in [4.69, 9.17) is 4.98 Å². The van der Waals surface area contributed by atoms with Crippen molar-refractivity contribution in [3.05, 3.63) is 89.8 Å². The Morgan fingerprint density at radius 2 is 1.51 bits per heavy atom. The third kappa shape index (κ3) is 8.11. The number of hydrogen-bond donors (Lipinski definition) is 1. The zero-order valence-corrected chi connectivity index (χ0v) is 29.5. The largest absolute Gasteiger partial charge is 0.512 e. The molecule has 0 saturated heterocycles. The van der Waals surface area contributed by atoms with Crippen LogP contribution in [0, 0.1) is 17.9 Å². The van der Waals surface area contributed by atoms with Crippen LogP contribution in [-0.4, -0.2) is 15.9 Å². The minimum atomic E-state index is 0. The van der Waals surface area contributed by atoms with Gasteiger partial charge in [-0.1, -0.05) is 110 Å². The molecule has 0 spiro atoms. The van der Waals surface area contributed by atoms with Crippen molar-refractivity contribution in [2.24, 2.45) is 11.8 Å².